The monoisotopic (exact) mass is 375 g/mol. The molecule has 5 nitrogen and oxygen atoms in total. The number of hydrogen-bond acceptors (Lipinski definition) is 4. The topological polar surface area (TPSA) is 62.3 Å². The van der Waals surface area contributed by atoms with Gasteiger partial charge >= 0.3 is 0 Å². The Kier molecular flexibility index (Phi) is 4.48. The number of hydrogen-bond donors (Lipinski definition) is 1. The molecule has 1 aromatic heterocycles. The summed E-state index contributed by atoms with van der Waals surface area (Å²) in [4.78, 5) is 31.2. The third kappa shape index (κ3) is 3.28. The van der Waals surface area contributed by atoms with E-state index in [2.05, 4.69) is 10.3 Å². The number of anilines is 1. The van der Waals surface area contributed by atoms with Gasteiger partial charge in [0.05, 0.1) is 0 Å². The zero-order chi connectivity index (χ0) is 17.4. The van der Waals surface area contributed by atoms with Gasteiger partial charge in [0.25, 0.3) is 0 Å². The van der Waals surface area contributed by atoms with Crippen LogP contribution >= 0.6 is 22.9 Å². The molecule has 7 heteroatoms. The number of aromatic nitrogens is 1. The highest BCUT2D eigenvalue weighted by atomic mass is 35.5. The van der Waals surface area contributed by atoms with Crippen LogP contribution in [0.4, 0.5) is 5.13 Å². The number of likely N-dealkylation sites (tertiary alicyclic amines) is 1. The molecule has 25 heavy (non-hydrogen) atoms. The van der Waals surface area contributed by atoms with Gasteiger partial charge in [0, 0.05) is 29.1 Å². The minimum Gasteiger partial charge on any atom is -0.330 e. The van der Waals surface area contributed by atoms with E-state index in [4.69, 9.17) is 11.6 Å². The van der Waals surface area contributed by atoms with E-state index >= 15 is 0 Å². The summed E-state index contributed by atoms with van der Waals surface area (Å²) in [5.74, 6) is 0.0371. The van der Waals surface area contributed by atoms with E-state index in [0.717, 1.165) is 18.4 Å². The quantitative estimate of drug-likeness (QED) is 0.889. The van der Waals surface area contributed by atoms with Crippen molar-refractivity contribution in [1.29, 1.82) is 0 Å². The van der Waals surface area contributed by atoms with Crippen LogP contribution in [0.1, 0.15) is 30.7 Å². The molecule has 3 atom stereocenters. The molecule has 2 amide bonds. The highest BCUT2D eigenvalue weighted by Gasteiger charge is 2.49. The molecule has 0 radical (unpaired) electrons. The van der Waals surface area contributed by atoms with E-state index in [1.54, 1.807) is 11.1 Å². The SMILES string of the molecule is O=C(Nc1nccs1)[C@@H]1CCCN1C(=O)[C@@H]1C[C@H]1c1ccccc1Cl. The maximum Gasteiger partial charge on any atom is 0.248 e. The molecule has 2 fully saturated rings. The number of nitrogens with one attached hydrogen (secondary N) is 1. The van der Waals surface area contributed by atoms with E-state index in [0.29, 0.717) is 23.1 Å². The second kappa shape index (κ2) is 6.77. The molecular weight excluding hydrogens is 358 g/mol. The third-order valence-corrected chi connectivity index (χ3v) is 5.95. The van der Waals surface area contributed by atoms with E-state index in [9.17, 15) is 9.59 Å². The molecule has 0 unspecified atom stereocenters. The van der Waals surface area contributed by atoms with Crippen molar-refractivity contribution < 1.29 is 9.59 Å². The Balaban J connectivity index is 1.43. The fraction of sp³-hybridized carbons (Fsp3) is 0.389. The number of carbonyl (C=O) groups excluding carboxylic acids is 2. The van der Waals surface area contributed by atoms with Gasteiger partial charge in [-0.25, -0.2) is 4.98 Å². The van der Waals surface area contributed by atoms with Gasteiger partial charge < -0.3 is 10.2 Å². The van der Waals surface area contributed by atoms with Crippen molar-refractivity contribution in [1.82, 2.24) is 9.88 Å². The van der Waals surface area contributed by atoms with Crippen LogP contribution in [-0.2, 0) is 9.59 Å². The number of rotatable bonds is 4. The molecule has 1 saturated heterocycles. The first-order valence-electron chi connectivity index (χ1n) is 8.40. The molecule has 0 bridgehead atoms. The minimum atomic E-state index is -0.399. The summed E-state index contributed by atoms with van der Waals surface area (Å²) in [6, 6.07) is 7.28. The zero-order valence-electron chi connectivity index (χ0n) is 13.5. The summed E-state index contributed by atoms with van der Waals surface area (Å²) in [6.07, 6.45) is 4.01. The van der Waals surface area contributed by atoms with Crippen molar-refractivity contribution in [2.24, 2.45) is 5.92 Å². The number of benzene rings is 1. The van der Waals surface area contributed by atoms with Crippen LogP contribution in [-0.4, -0.2) is 34.3 Å². The largest absolute Gasteiger partial charge is 0.330 e. The number of halogens is 1. The summed E-state index contributed by atoms with van der Waals surface area (Å²) >= 11 is 7.63. The van der Waals surface area contributed by atoms with E-state index < -0.39 is 6.04 Å². The van der Waals surface area contributed by atoms with Gasteiger partial charge in [0.15, 0.2) is 5.13 Å². The van der Waals surface area contributed by atoms with Crippen LogP contribution in [0.2, 0.25) is 5.02 Å². The van der Waals surface area contributed by atoms with Gasteiger partial charge in [-0.2, -0.15) is 0 Å². The standard InChI is InChI=1S/C18H18ClN3O2S/c19-14-5-2-1-4-11(14)12-10-13(12)17(24)22-8-3-6-15(22)16(23)21-18-20-7-9-25-18/h1-2,4-5,7,9,12-13,15H,3,6,8,10H2,(H,20,21,23)/t12-,13+,15-/m0/s1. The van der Waals surface area contributed by atoms with Crippen LogP contribution < -0.4 is 5.32 Å². The lowest BCUT2D eigenvalue weighted by Gasteiger charge is -2.24. The summed E-state index contributed by atoms with van der Waals surface area (Å²) in [5, 5.41) is 5.91. The summed E-state index contributed by atoms with van der Waals surface area (Å²) in [5.41, 5.74) is 1.03. The molecule has 1 saturated carbocycles. The average molecular weight is 376 g/mol. The highest BCUT2D eigenvalue weighted by molar-refractivity contribution is 7.13. The van der Waals surface area contributed by atoms with Gasteiger partial charge in [0.1, 0.15) is 6.04 Å². The fourth-order valence-corrected chi connectivity index (χ4v) is 4.39. The highest BCUT2D eigenvalue weighted by Crippen LogP contribution is 2.51. The number of thiazole rings is 1. The number of amides is 2. The van der Waals surface area contributed by atoms with Gasteiger partial charge in [-0.3, -0.25) is 9.59 Å². The number of nitrogens with zero attached hydrogens (tertiary/aromatic N) is 2. The Hall–Kier alpha value is -1.92. The van der Waals surface area contributed by atoms with Crippen LogP contribution in [0.15, 0.2) is 35.8 Å². The second-order valence-electron chi connectivity index (χ2n) is 6.49. The summed E-state index contributed by atoms with van der Waals surface area (Å²) < 4.78 is 0. The molecule has 2 aliphatic rings. The molecule has 4 rings (SSSR count). The average Bonchev–Trinajstić information content (AvgIpc) is 2.99. The van der Waals surface area contributed by atoms with Gasteiger partial charge in [0.2, 0.25) is 11.8 Å². The second-order valence-corrected chi connectivity index (χ2v) is 7.79. The van der Waals surface area contributed by atoms with Crippen molar-refractivity contribution in [3.63, 3.8) is 0 Å². The molecule has 2 aromatic rings. The first-order chi connectivity index (χ1) is 12.1. The summed E-state index contributed by atoms with van der Waals surface area (Å²) in [6.45, 7) is 0.639. The molecule has 130 valence electrons. The Bertz CT molecular complexity index is 795. The molecule has 0 spiro atoms. The van der Waals surface area contributed by atoms with E-state index in [-0.39, 0.29) is 23.7 Å². The first kappa shape index (κ1) is 16.5. The third-order valence-electron chi connectivity index (χ3n) is 4.91. The van der Waals surface area contributed by atoms with Crippen molar-refractivity contribution in [3.8, 4) is 0 Å². The molecular formula is C18H18ClN3O2S. The maximum absolute atomic E-state index is 12.9. The Morgan fingerprint density at radius 1 is 1.32 bits per heavy atom. The smallest absolute Gasteiger partial charge is 0.248 e. The number of carbonyl (C=O) groups is 2. The lowest BCUT2D eigenvalue weighted by molar-refractivity contribution is -0.137. The molecule has 1 aliphatic heterocycles. The van der Waals surface area contributed by atoms with Crippen molar-refractivity contribution >= 4 is 39.9 Å². The molecule has 2 heterocycles. The lowest BCUT2D eigenvalue weighted by atomic mass is 10.1. The Labute approximate surface area is 155 Å². The lowest BCUT2D eigenvalue weighted by Crippen LogP contribution is -2.44. The predicted molar refractivity (Wildman–Crippen MR) is 97.8 cm³/mol. The minimum absolute atomic E-state index is 0.0619. The van der Waals surface area contributed by atoms with Crippen LogP contribution in [0.25, 0.3) is 0 Å². The van der Waals surface area contributed by atoms with Crippen molar-refractivity contribution in [2.45, 2.75) is 31.2 Å². The van der Waals surface area contributed by atoms with Crippen LogP contribution in [0.5, 0.6) is 0 Å². The maximum atomic E-state index is 12.9. The van der Waals surface area contributed by atoms with Gasteiger partial charge in [-0.15, -0.1) is 11.3 Å². The molecule has 1 aliphatic carbocycles. The van der Waals surface area contributed by atoms with E-state index in [1.165, 1.54) is 11.3 Å². The van der Waals surface area contributed by atoms with Crippen LogP contribution in [0, 0.1) is 5.92 Å². The Morgan fingerprint density at radius 3 is 2.92 bits per heavy atom. The van der Waals surface area contributed by atoms with Gasteiger partial charge in [-0.1, -0.05) is 29.8 Å². The first-order valence-corrected chi connectivity index (χ1v) is 9.66. The van der Waals surface area contributed by atoms with E-state index in [1.807, 2.05) is 29.6 Å². The molecule has 1 N–H and O–H groups in total. The Morgan fingerprint density at radius 2 is 2.16 bits per heavy atom. The summed E-state index contributed by atoms with van der Waals surface area (Å²) in [7, 11) is 0. The van der Waals surface area contributed by atoms with Crippen molar-refractivity contribution in [3.05, 3.63) is 46.4 Å². The zero-order valence-corrected chi connectivity index (χ0v) is 15.1. The van der Waals surface area contributed by atoms with Crippen molar-refractivity contribution in [2.75, 3.05) is 11.9 Å². The van der Waals surface area contributed by atoms with Gasteiger partial charge in [-0.05, 0) is 36.8 Å². The normalized spacial score (nSPS) is 25.0. The molecule has 1 aromatic carbocycles. The fourth-order valence-electron chi connectivity index (χ4n) is 3.58. The van der Waals surface area contributed by atoms with Crippen LogP contribution in [0.3, 0.4) is 0 Å². The predicted octanol–water partition coefficient (Wildman–Crippen LogP) is 3.53.